The number of thiocarbonyl (C=S) groups is 1. The van der Waals surface area contributed by atoms with E-state index in [1.165, 1.54) is 0 Å². The van der Waals surface area contributed by atoms with Crippen molar-refractivity contribution in [3.63, 3.8) is 0 Å². The minimum absolute atomic E-state index is 0.105. The van der Waals surface area contributed by atoms with Crippen LogP contribution in [0.15, 0.2) is 34.5 Å². The second-order valence-electron chi connectivity index (χ2n) is 3.67. The molecule has 1 aromatic rings. The summed E-state index contributed by atoms with van der Waals surface area (Å²) in [5, 5.41) is 8.38. The lowest BCUT2D eigenvalue weighted by Crippen LogP contribution is -2.33. The van der Waals surface area contributed by atoms with Crippen molar-refractivity contribution in [1.82, 2.24) is 4.90 Å². The zero-order chi connectivity index (χ0) is 11.5. The Kier molecular flexibility index (Phi) is 3.14. The molecule has 0 spiro atoms. The van der Waals surface area contributed by atoms with E-state index < -0.39 is 0 Å². The lowest BCUT2D eigenvalue weighted by atomic mass is 10.2. The summed E-state index contributed by atoms with van der Waals surface area (Å²) in [5.41, 5.74) is 1.11. The Morgan fingerprint density at radius 3 is 2.81 bits per heavy atom. The number of rotatable bonds is 3. The van der Waals surface area contributed by atoms with Crippen LogP contribution in [0.25, 0.3) is 0 Å². The van der Waals surface area contributed by atoms with E-state index in [2.05, 4.69) is 10.2 Å². The molecule has 0 aromatic heterocycles. The van der Waals surface area contributed by atoms with Gasteiger partial charge in [0.25, 0.3) is 0 Å². The van der Waals surface area contributed by atoms with Gasteiger partial charge in [-0.15, -0.1) is 5.11 Å². The fourth-order valence-electron chi connectivity index (χ4n) is 1.42. The molecule has 84 valence electrons. The van der Waals surface area contributed by atoms with Crippen LogP contribution in [0.4, 0.5) is 0 Å². The Morgan fingerprint density at radius 1 is 1.44 bits per heavy atom. The number of hydrogen-bond donors (Lipinski definition) is 0. The van der Waals surface area contributed by atoms with Crippen molar-refractivity contribution >= 4 is 17.3 Å². The van der Waals surface area contributed by atoms with Gasteiger partial charge in [-0.05, 0) is 30.8 Å². The van der Waals surface area contributed by atoms with Crippen LogP contribution in [0.2, 0.25) is 0 Å². The van der Waals surface area contributed by atoms with Gasteiger partial charge in [-0.25, -0.2) is 0 Å². The number of azo groups is 1. The fourth-order valence-corrected chi connectivity index (χ4v) is 1.59. The average molecular weight is 235 g/mol. The highest BCUT2D eigenvalue weighted by Crippen LogP contribution is 2.18. The van der Waals surface area contributed by atoms with Crippen molar-refractivity contribution < 1.29 is 4.74 Å². The first-order valence-corrected chi connectivity index (χ1v) is 5.45. The molecule has 0 N–H and O–H groups in total. The fraction of sp³-hybridized carbons (Fsp3) is 0.364. The highest BCUT2D eigenvalue weighted by molar-refractivity contribution is 7.80. The Bertz CT molecular complexity index is 433. The largest absolute Gasteiger partial charge is 0.489 e. The summed E-state index contributed by atoms with van der Waals surface area (Å²) < 4.78 is 5.68. The van der Waals surface area contributed by atoms with Crippen LogP contribution < -0.4 is 4.74 Å². The molecule has 1 aromatic carbocycles. The van der Waals surface area contributed by atoms with Crippen molar-refractivity contribution in [1.29, 1.82) is 0 Å². The third-order valence-corrected chi connectivity index (χ3v) is 2.88. The second-order valence-corrected chi connectivity index (χ2v) is 4.03. The SMILES string of the molecule is Cc1ccccc1OCC1N=NC(=S)N1C. The molecule has 0 amide bonds. The van der Waals surface area contributed by atoms with Crippen LogP contribution in [-0.4, -0.2) is 29.8 Å². The van der Waals surface area contributed by atoms with Crippen molar-refractivity contribution in [2.75, 3.05) is 13.7 Å². The molecule has 2 rings (SSSR count). The second kappa shape index (κ2) is 4.57. The number of para-hydroxylation sites is 1. The maximum Gasteiger partial charge on any atom is 0.217 e. The minimum Gasteiger partial charge on any atom is -0.489 e. The molecule has 1 unspecified atom stereocenters. The molecule has 5 heteroatoms. The highest BCUT2D eigenvalue weighted by atomic mass is 32.1. The van der Waals surface area contributed by atoms with Gasteiger partial charge in [-0.1, -0.05) is 18.2 Å². The third kappa shape index (κ3) is 2.19. The van der Waals surface area contributed by atoms with Gasteiger partial charge in [-0.2, -0.15) is 5.11 Å². The molecule has 0 radical (unpaired) electrons. The lowest BCUT2D eigenvalue weighted by Gasteiger charge is -2.18. The van der Waals surface area contributed by atoms with E-state index in [4.69, 9.17) is 17.0 Å². The molecule has 0 aliphatic carbocycles. The van der Waals surface area contributed by atoms with Crippen LogP contribution >= 0.6 is 12.2 Å². The van der Waals surface area contributed by atoms with Gasteiger partial charge in [0.2, 0.25) is 5.11 Å². The van der Waals surface area contributed by atoms with Crippen molar-refractivity contribution in [2.24, 2.45) is 10.2 Å². The molecule has 1 atom stereocenters. The van der Waals surface area contributed by atoms with E-state index in [-0.39, 0.29) is 6.17 Å². The van der Waals surface area contributed by atoms with Crippen molar-refractivity contribution in [3.05, 3.63) is 29.8 Å². The molecule has 0 bridgehead atoms. The first-order chi connectivity index (χ1) is 7.68. The lowest BCUT2D eigenvalue weighted by molar-refractivity contribution is 0.228. The number of aryl methyl sites for hydroxylation is 1. The van der Waals surface area contributed by atoms with Crippen LogP contribution in [0.1, 0.15) is 5.56 Å². The first kappa shape index (κ1) is 11.0. The van der Waals surface area contributed by atoms with E-state index in [0.717, 1.165) is 11.3 Å². The smallest absolute Gasteiger partial charge is 0.217 e. The van der Waals surface area contributed by atoms with Gasteiger partial charge < -0.3 is 9.64 Å². The Balaban J connectivity index is 1.96. The summed E-state index contributed by atoms with van der Waals surface area (Å²) in [6.45, 7) is 2.48. The molecule has 1 aliphatic rings. The zero-order valence-corrected chi connectivity index (χ0v) is 10.1. The monoisotopic (exact) mass is 235 g/mol. The van der Waals surface area contributed by atoms with E-state index in [1.807, 2.05) is 43.1 Å². The molecular formula is C11H13N3OS. The van der Waals surface area contributed by atoms with Gasteiger partial charge in [0.1, 0.15) is 12.4 Å². The van der Waals surface area contributed by atoms with E-state index in [0.29, 0.717) is 11.7 Å². The van der Waals surface area contributed by atoms with Crippen LogP contribution in [0.3, 0.4) is 0 Å². The minimum atomic E-state index is -0.105. The molecule has 16 heavy (non-hydrogen) atoms. The number of hydrogen-bond acceptors (Lipinski definition) is 3. The molecule has 1 aliphatic heterocycles. The summed E-state index contributed by atoms with van der Waals surface area (Å²) in [6.07, 6.45) is -0.105. The van der Waals surface area contributed by atoms with E-state index >= 15 is 0 Å². The van der Waals surface area contributed by atoms with Gasteiger partial charge >= 0.3 is 0 Å². The number of benzene rings is 1. The standard InChI is InChI=1S/C11H13N3OS/c1-8-5-3-4-6-9(8)15-7-10-12-13-11(16)14(10)2/h3-6,10H,7H2,1-2H3. The van der Waals surface area contributed by atoms with Gasteiger partial charge in [0, 0.05) is 7.05 Å². The van der Waals surface area contributed by atoms with Crippen molar-refractivity contribution in [2.45, 2.75) is 13.1 Å². The normalized spacial score (nSPS) is 19.2. The van der Waals surface area contributed by atoms with E-state index in [1.54, 1.807) is 0 Å². The van der Waals surface area contributed by atoms with Gasteiger partial charge in [-0.3, -0.25) is 0 Å². The van der Waals surface area contributed by atoms with Crippen LogP contribution in [0.5, 0.6) is 5.75 Å². The first-order valence-electron chi connectivity index (χ1n) is 5.04. The Hall–Kier alpha value is -1.49. The topological polar surface area (TPSA) is 37.2 Å². The maximum atomic E-state index is 5.68. The number of likely N-dealkylation sites (N-methyl/N-ethyl adjacent to an activating group) is 1. The quantitative estimate of drug-likeness (QED) is 0.755. The van der Waals surface area contributed by atoms with E-state index in [9.17, 15) is 0 Å². The van der Waals surface area contributed by atoms with Crippen LogP contribution in [-0.2, 0) is 0 Å². The van der Waals surface area contributed by atoms with Crippen molar-refractivity contribution in [3.8, 4) is 5.75 Å². The third-order valence-electron chi connectivity index (χ3n) is 2.51. The van der Waals surface area contributed by atoms with Gasteiger partial charge in [0.15, 0.2) is 6.17 Å². The molecular weight excluding hydrogens is 222 g/mol. The molecule has 1 heterocycles. The number of ether oxygens (including phenoxy) is 1. The Morgan fingerprint density at radius 2 is 2.19 bits per heavy atom. The summed E-state index contributed by atoms with van der Waals surface area (Å²) in [6, 6.07) is 7.89. The zero-order valence-electron chi connectivity index (χ0n) is 9.25. The number of nitrogens with zero attached hydrogens (tertiary/aromatic N) is 3. The maximum absolute atomic E-state index is 5.68. The molecule has 4 nitrogen and oxygen atoms in total. The Labute approximate surface area is 99.9 Å². The molecule has 0 saturated carbocycles. The summed E-state index contributed by atoms with van der Waals surface area (Å²) in [4.78, 5) is 1.83. The van der Waals surface area contributed by atoms with Gasteiger partial charge in [0.05, 0.1) is 0 Å². The van der Waals surface area contributed by atoms with Crippen LogP contribution in [0, 0.1) is 6.92 Å². The molecule has 0 saturated heterocycles. The predicted octanol–water partition coefficient (Wildman–Crippen LogP) is 2.38. The summed E-state index contributed by atoms with van der Waals surface area (Å²) >= 11 is 4.99. The molecule has 0 fully saturated rings. The summed E-state index contributed by atoms with van der Waals surface area (Å²) in [5.74, 6) is 0.879. The summed E-state index contributed by atoms with van der Waals surface area (Å²) in [7, 11) is 1.87. The predicted molar refractivity (Wildman–Crippen MR) is 65.7 cm³/mol. The highest BCUT2D eigenvalue weighted by Gasteiger charge is 2.23. The average Bonchev–Trinajstić information content (AvgIpc) is 2.59.